The lowest BCUT2D eigenvalue weighted by Gasteiger charge is -2.18. The molecule has 2 rings (SSSR count). The average Bonchev–Trinajstić information content (AvgIpc) is 2.70. The Balaban J connectivity index is 1.87. The summed E-state index contributed by atoms with van der Waals surface area (Å²) in [6.45, 7) is 2.57. The SMILES string of the molecule is CC(NCCN1C(=O)CNC1=O)c1ccc(Br)cc1F. The highest BCUT2D eigenvalue weighted by Crippen LogP contribution is 2.20. The molecule has 2 N–H and O–H groups in total. The topological polar surface area (TPSA) is 61.4 Å². The number of urea groups is 1. The molecule has 0 spiro atoms. The van der Waals surface area contributed by atoms with Gasteiger partial charge in [-0.3, -0.25) is 9.69 Å². The monoisotopic (exact) mass is 343 g/mol. The van der Waals surface area contributed by atoms with E-state index in [4.69, 9.17) is 0 Å². The summed E-state index contributed by atoms with van der Waals surface area (Å²) in [5, 5.41) is 5.55. The van der Waals surface area contributed by atoms with Crippen molar-refractivity contribution in [2.24, 2.45) is 0 Å². The number of hydrogen-bond donors (Lipinski definition) is 2. The molecular formula is C13H15BrFN3O2. The fourth-order valence-corrected chi connectivity index (χ4v) is 2.37. The molecule has 108 valence electrons. The molecule has 1 aromatic rings. The summed E-state index contributed by atoms with van der Waals surface area (Å²) in [7, 11) is 0. The number of halogens is 2. The first-order chi connectivity index (χ1) is 9.49. The minimum atomic E-state index is -0.376. The quantitative estimate of drug-likeness (QED) is 0.801. The fraction of sp³-hybridized carbons (Fsp3) is 0.385. The molecule has 1 aromatic carbocycles. The van der Waals surface area contributed by atoms with E-state index in [9.17, 15) is 14.0 Å². The first kappa shape index (κ1) is 14.9. The zero-order valence-corrected chi connectivity index (χ0v) is 12.5. The highest BCUT2D eigenvalue weighted by atomic mass is 79.9. The minimum absolute atomic E-state index is 0.0513. The summed E-state index contributed by atoms with van der Waals surface area (Å²) in [5.41, 5.74) is 0.547. The van der Waals surface area contributed by atoms with Gasteiger partial charge in [-0.2, -0.15) is 0 Å². The molecule has 1 aliphatic heterocycles. The van der Waals surface area contributed by atoms with E-state index in [1.165, 1.54) is 6.07 Å². The van der Waals surface area contributed by atoms with Crippen molar-refractivity contribution in [3.8, 4) is 0 Å². The number of imide groups is 1. The Labute approximate surface area is 124 Å². The van der Waals surface area contributed by atoms with Crippen LogP contribution in [0.3, 0.4) is 0 Å². The van der Waals surface area contributed by atoms with Gasteiger partial charge in [-0.25, -0.2) is 9.18 Å². The lowest BCUT2D eigenvalue weighted by molar-refractivity contribution is -0.124. The summed E-state index contributed by atoms with van der Waals surface area (Å²) in [5.74, 6) is -0.534. The van der Waals surface area contributed by atoms with Crippen molar-refractivity contribution >= 4 is 27.9 Å². The molecule has 1 saturated heterocycles. The van der Waals surface area contributed by atoms with E-state index in [1.54, 1.807) is 12.1 Å². The molecule has 20 heavy (non-hydrogen) atoms. The van der Waals surface area contributed by atoms with Crippen LogP contribution in [0.5, 0.6) is 0 Å². The van der Waals surface area contributed by atoms with Crippen molar-refractivity contribution in [2.45, 2.75) is 13.0 Å². The van der Waals surface area contributed by atoms with E-state index < -0.39 is 0 Å². The normalized spacial score (nSPS) is 16.4. The standard InChI is InChI=1S/C13H15BrFN3O2/c1-8(10-3-2-9(14)6-11(10)15)16-4-5-18-12(19)7-17-13(18)20/h2-3,6,8,16H,4-5,7H2,1H3,(H,17,20). The summed E-state index contributed by atoms with van der Waals surface area (Å²) < 4.78 is 14.4. The molecule has 3 amide bonds. The number of amides is 3. The molecule has 1 unspecified atom stereocenters. The van der Waals surface area contributed by atoms with Crippen molar-refractivity contribution in [2.75, 3.05) is 19.6 Å². The molecule has 5 nitrogen and oxygen atoms in total. The van der Waals surface area contributed by atoms with Crippen LogP contribution in [0.2, 0.25) is 0 Å². The van der Waals surface area contributed by atoms with Crippen molar-refractivity contribution in [1.29, 1.82) is 0 Å². The van der Waals surface area contributed by atoms with Crippen molar-refractivity contribution in [3.63, 3.8) is 0 Å². The lowest BCUT2D eigenvalue weighted by Crippen LogP contribution is -2.37. The number of carbonyl (C=O) groups is 2. The fourth-order valence-electron chi connectivity index (χ4n) is 2.04. The molecule has 0 aliphatic carbocycles. The second-order valence-corrected chi connectivity index (χ2v) is 5.46. The summed E-state index contributed by atoms with van der Waals surface area (Å²) in [6.07, 6.45) is 0. The predicted molar refractivity (Wildman–Crippen MR) is 75.6 cm³/mol. The van der Waals surface area contributed by atoms with E-state index in [2.05, 4.69) is 26.6 Å². The van der Waals surface area contributed by atoms with Gasteiger partial charge >= 0.3 is 6.03 Å². The number of carbonyl (C=O) groups excluding carboxylic acids is 2. The van der Waals surface area contributed by atoms with E-state index in [1.807, 2.05) is 6.92 Å². The maximum Gasteiger partial charge on any atom is 0.324 e. The molecule has 1 aliphatic rings. The predicted octanol–water partition coefficient (Wildman–Crippen LogP) is 1.79. The Hall–Kier alpha value is -1.47. The average molecular weight is 344 g/mol. The minimum Gasteiger partial charge on any atom is -0.329 e. The molecular weight excluding hydrogens is 329 g/mol. The van der Waals surface area contributed by atoms with Gasteiger partial charge in [0.2, 0.25) is 5.91 Å². The van der Waals surface area contributed by atoms with E-state index in [-0.39, 0.29) is 36.9 Å². The summed E-state index contributed by atoms with van der Waals surface area (Å²) in [6, 6.07) is 4.30. The highest BCUT2D eigenvalue weighted by molar-refractivity contribution is 9.10. The number of hydrogen-bond acceptors (Lipinski definition) is 3. The Morgan fingerprint density at radius 3 is 2.85 bits per heavy atom. The van der Waals surface area contributed by atoms with Gasteiger partial charge in [0.25, 0.3) is 0 Å². The van der Waals surface area contributed by atoms with Crippen LogP contribution in [0.15, 0.2) is 22.7 Å². The second kappa shape index (κ2) is 6.32. The first-order valence-corrected chi connectivity index (χ1v) is 7.05. The molecule has 0 radical (unpaired) electrons. The maximum atomic E-state index is 13.8. The lowest BCUT2D eigenvalue weighted by atomic mass is 10.1. The van der Waals surface area contributed by atoms with Crippen LogP contribution >= 0.6 is 15.9 Å². The Morgan fingerprint density at radius 2 is 2.25 bits per heavy atom. The highest BCUT2D eigenvalue weighted by Gasteiger charge is 2.27. The van der Waals surface area contributed by atoms with Gasteiger partial charge in [-0.1, -0.05) is 22.0 Å². The molecule has 1 heterocycles. The zero-order valence-electron chi connectivity index (χ0n) is 11.0. The smallest absolute Gasteiger partial charge is 0.324 e. The van der Waals surface area contributed by atoms with Crippen LogP contribution in [0.25, 0.3) is 0 Å². The molecule has 7 heteroatoms. The largest absolute Gasteiger partial charge is 0.329 e. The molecule has 1 atom stereocenters. The second-order valence-electron chi connectivity index (χ2n) is 4.55. The third-order valence-corrected chi connectivity index (χ3v) is 3.65. The summed E-state index contributed by atoms with van der Waals surface area (Å²) in [4.78, 5) is 23.8. The van der Waals surface area contributed by atoms with Crippen LogP contribution in [-0.4, -0.2) is 36.5 Å². The van der Waals surface area contributed by atoms with Crippen LogP contribution in [0.4, 0.5) is 9.18 Å². The third kappa shape index (κ3) is 3.34. The van der Waals surface area contributed by atoms with Crippen molar-refractivity contribution in [1.82, 2.24) is 15.5 Å². The van der Waals surface area contributed by atoms with Crippen molar-refractivity contribution in [3.05, 3.63) is 34.1 Å². The number of nitrogens with one attached hydrogen (secondary N) is 2. The zero-order chi connectivity index (χ0) is 14.7. The number of benzene rings is 1. The van der Waals surface area contributed by atoms with Gasteiger partial charge in [-0.05, 0) is 19.1 Å². The third-order valence-electron chi connectivity index (χ3n) is 3.15. The van der Waals surface area contributed by atoms with E-state index >= 15 is 0 Å². The van der Waals surface area contributed by atoms with Gasteiger partial charge in [0, 0.05) is 29.2 Å². The Morgan fingerprint density at radius 1 is 1.50 bits per heavy atom. The van der Waals surface area contributed by atoms with Crippen LogP contribution in [0.1, 0.15) is 18.5 Å². The maximum absolute atomic E-state index is 13.8. The first-order valence-electron chi connectivity index (χ1n) is 6.25. The van der Waals surface area contributed by atoms with Crippen molar-refractivity contribution < 1.29 is 14.0 Å². The van der Waals surface area contributed by atoms with Gasteiger partial charge in [0.1, 0.15) is 5.82 Å². The molecule has 0 aromatic heterocycles. The van der Waals surface area contributed by atoms with Crippen LogP contribution in [0, 0.1) is 5.82 Å². The number of nitrogens with zero attached hydrogens (tertiary/aromatic N) is 1. The van der Waals surface area contributed by atoms with Gasteiger partial charge < -0.3 is 10.6 Å². The number of rotatable bonds is 5. The van der Waals surface area contributed by atoms with Gasteiger partial charge in [0.15, 0.2) is 0 Å². The van der Waals surface area contributed by atoms with E-state index in [0.29, 0.717) is 16.6 Å². The van der Waals surface area contributed by atoms with Gasteiger partial charge in [-0.15, -0.1) is 0 Å². The Kier molecular flexibility index (Phi) is 4.72. The summed E-state index contributed by atoms with van der Waals surface area (Å²) >= 11 is 3.21. The van der Waals surface area contributed by atoms with Gasteiger partial charge in [0.05, 0.1) is 6.54 Å². The van der Waals surface area contributed by atoms with Crippen LogP contribution < -0.4 is 10.6 Å². The molecule has 1 fully saturated rings. The Bertz CT molecular complexity index is 522. The molecule has 0 bridgehead atoms. The van der Waals surface area contributed by atoms with Crippen LogP contribution in [-0.2, 0) is 4.79 Å². The molecule has 0 saturated carbocycles. The van der Waals surface area contributed by atoms with E-state index in [0.717, 1.165) is 4.90 Å².